The van der Waals surface area contributed by atoms with Gasteiger partial charge in [0.25, 0.3) is 0 Å². The Balaban J connectivity index is 2.10. The first-order valence-electron chi connectivity index (χ1n) is 20.3. The van der Waals surface area contributed by atoms with E-state index in [1.807, 2.05) is 13.8 Å². The van der Waals surface area contributed by atoms with Crippen molar-refractivity contribution in [2.75, 3.05) is 32.3 Å². The first kappa shape index (κ1) is 50.5. The van der Waals surface area contributed by atoms with Crippen LogP contribution in [0.25, 0.3) is 5.52 Å². The molecule has 0 unspecified atom stereocenters. The SMILES string of the molecule is CCCCCOC(=O)C[C@H](N[P@](=O)(OCOC(=O)OC(C)C)OC[C@H]1O[C@@](C#N)(c2ccc3c(N)ncnn23)[C@H](OC(=O)C(C)C)[C@@H]1OC(=O)C(C)C)C(=O)OCCCCC. The third-order valence-corrected chi connectivity index (χ3v) is 10.5. The molecule has 0 amide bonds. The number of nitrogens with zero attached hydrogens (tertiary/aromatic N) is 4. The molecule has 2 aromatic heterocycles. The van der Waals surface area contributed by atoms with Gasteiger partial charge in [0.2, 0.25) is 12.4 Å². The lowest BCUT2D eigenvalue weighted by Gasteiger charge is -2.29. The average Bonchev–Trinajstić information content (AvgIpc) is 3.77. The van der Waals surface area contributed by atoms with E-state index in [0.29, 0.717) is 12.8 Å². The van der Waals surface area contributed by atoms with Gasteiger partial charge in [-0.25, -0.2) is 23.9 Å². The Hall–Kier alpha value is -4.87. The lowest BCUT2D eigenvalue weighted by atomic mass is 9.92. The van der Waals surface area contributed by atoms with Crippen molar-refractivity contribution in [2.45, 2.75) is 136 Å². The summed E-state index contributed by atoms with van der Waals surface area (Å²) in [5.41, 5.74) is 4.05. The highest BCUT2D eigenvalue weighted by atomic mass is 31.2. The molecule has 0 aromatic carbocycles. The number of carbonyl (C=O) groups is 5. The van der Waals surface area contributed by atoms with Gasteiger partial charge in [-0.15, -0.1) is 0 Å². The molecule has 0 radical (unpaired) electrons. The number of ether oxygens (including phenoxy) is 7. The summed E-state index contributed by atoms with van der Waals surface area (Å²) >= 11 is 0. The Morgan fingerprint density at radius 3 is 2.16 bits per heavy atom. The van der Waals surface area contributed by atoms with Crippen LogP contribution in [-0.4, -0.2) is 102 Å². The molecule has 3 rings (SSSR count). The second kappa shape index (κ2) is 23.9. The molecular formula is C39H59N6O15P. The van der Waals surface area contributed by atoms with E-state index in [2.05, 4.69) is 21.2 Å². The lowest BCUT2D eigenvalue weighted by molar-refractivity contribution is -0.173. The average molecular weight is 883 g/mol. The van der Waals surface area contributed by atoms with Gasteiger partial charge in [0.05, 0.1) is 49.9 Å². The highest BCUT2D eigenvalue weighted by Crippen LogP contribution is 2.48. The van der Waals surface area contributed by atoms with E-state index in [-0.39, 0.29) is 30.2 Å². The summed E-state index contributed by atoms with van der Waals surface area (Å²) in [4.78, 5) is 69.2. The molecule has 6 atom stereocenters. The Bertz CT molecular complexity index is 1880. The maximum atomic E-state index is 14.7. The molecule has 1 aliphatic heterocycles. The van der Waals surface area contributed by atoms with Crippen LogP contribution in [0.2, 0.25) is 0 Å². The molecule has 1 aliphatic rings. The fraction of sp³-hybridized carbons (Fsp3) is 0.692. The van der Waals surface area contributed by atoms with Gasteiger partial charge < -0.3 is 38.9 Å². The van der Waals surface area contributed by atoms with Gasteiger partial charge in [-0.2, -0.15) is 10.4 Å². The summed E-state index contributed by atoms with van der Waals surface area (Å²) in [6.07, 6.45) is -1.96. The second-order valence-electron chi connectivity index (χ2n) is 15.0. The minimum Gasteiger partial charge on any atom is -0.466 e. The Morgan fingerprint density at radius 1 is 0.918 bits per heavy atom. The van der Waals surface area contributed by atoms with Crippen LogP contribution in [-0.2, 0) is 71.5 Å². The summed E-state index contributed by atoms with van der Waals surface area (Å²) in [7, 11) is -4.95. The molecule has 0 saturated carbocycles. The van der Waals surface area contributed by atoms with Gasteiger partial charge in [-0.3, -0.25) is 28.2 Å². The summed E-state index contributed by atoms with van der Waals surface area (Å²) < 4.78 is 66.0. The third-order valence-electron chi connectivity index (χ3n) is 8.98. The zero-order valence-corrected chi connectivity index (χ0v) is 36.9. The Labute approximate surface area is 355 Å². The van der Waals surface area contributed by atoms with Gasteiger partial charge in [0, 0.05) is 0 Å². The summed E-state index contributed by atoms with van der Waals surface area (Å²) in [6, 6.07) is 3.31. The zero-order valence-electron chi connectivity index (χ0n) is 36.0. The van der Waals surface area contributed by atoms with Crippen LogP contribution < -0.4 is 10.8 Å². The van der Waals surface area contributed by atoms with Crippen LogP contribution in [0.4, 0.5) is 10.6 Å². The number of unbranched alkanes of at least 4 members (excludes halogenated alkanes) is 4. The molecule has 21 nitrogen and oxygen atoms in total. The fourth-order valence-corrected chi connectivity index (χ4v) is 7.09. The highest BCUT2D eigenvalue weighted by molar-refractivity contribution is 7.51. The Morgan fingerprint density at radius 2 is 1.56 bits per heavy atom. The summed E-state index contributed by atoms with van der Waals surface area (Å²) in [6.45, 7) is 11.4. The van der Waals surface area contributed by atoms with E-state index < -0.39 is 105 Å². The lowest BCUT2D eigenvalue weighted by Crippen LogP contribution is -2.47. The minimum absolute atomic E-state index is 0.00768. The molecule has 340 valence electrons. The molecule has 1 saturated heterocycles. The van der Waals surface area contributed by atoms with Crippen molar-refractivity contribution >= 4 is 49.1 Å². The molecular weight excluding hydrogens is 823 g/mol. The van der Waals surface area contributed by atoms with Crippen molar-refractivity contribution in [2.24, 2.45) is 11.8 Å². The maximum absolute atomic E-state index is 14.7. The van der Waals surface area contributed by atoms with Crippen molar-refractivity contribution in [3.8, 4) is 6.07 Å². The number of nitrogen functional groups attached to an aromatic ring is 1. The van der Waals surface area contributed by atoms with Gasteiger partial charge in [-0.1, -0.05) is 67.2 Å². The van der Waals surface area contributed by atoms with Crippen molar-refractivity contribution in [1.82, 2.24) is 19.7 Å². The van der Waals surface area contributed by atoms with Crippen LogP contribution in [0.15, 0.2) is 18.5 Å². The molecule has 3 heterocycles. The molecule has 22 heteroatoms. The number of nitrogens with one attached hydrogen (secondary N) is 1. The van der Waals surface area contributed by atoms with Gasteiger partial charge in [0.1, 0.15) is 30.1 Å². The van der Waals surface area contributed by atoms with E-state index in [1.165, 1.54) is 16.6 Å². The largest absolute Gasteiger partial charge is 0.510 e. The first-order chi connectivity index (χ1) is 28.9. The number of hydrogen-bond donors (Lipinski definition) is 2. The topological polar surface area (TPSA) is 278 Å². The molecule has 0 aliphatic carbocycles. The van der Waals surface area contributed by atoms with E-state index in [4.69, 9.17) is 47.9 Å². The van der Waals surface area contributed by atoms with E-state index in [9.17, 15) is 33.8 Å². The van der Waals surface area contributed by atoms with E-state index >= 15 is 0 Å². The number of carbonyl (C=O) groups excluding carboxylic acids is 5. The van der Waals surface area contributed by atoms with Crippen LogP contribution in [0.3, 0.4) is 0 Å². The van der Waals surface area contributed by atoms with Crippen molar-refractivity contribution in [3.05, 3.63) is 24.2 Å². The monoisotopic (exact) mass is 882 g/mol. The van der Waals surface area contributed by atoms with E-state index in [0.717, 1.165) is 32.0 Å². The minimum atomic E-state index is -4.95. The first-order valence-corrected chi connectivity index (χ1v) is 21.9. The van der Waals surface area contributed by atoms with Crippen LogP contribution in [0.1, 0.15) is 106 Å². The van der Waals surface area contributed by atoms with Gasteiger partial charge in [0.15, 0.2) is 18.0 Å². The number of anilines is 1. The molecule has 0 spiro atoms. The van der Waals surface area contributed by atoms with Gasteiger partial charge in [-0.05, 0) is 38.8 Å². The predicted octanol–water partition coefficient (Wildman–Crippen LogP) is 5.04. The molecule has 0 bridgehead atoms. The maximum Gasteiger partial charge on any atom is 0.510 e. The van der Waals surface area contributed by atoms with Gasteiger partial charge >= 0.3 is 37.8 Å². The summed E-state index contributed by atoms with van der Waals surface area (Å²) in [5.74, 6) is -4.84. The number of esters is 4. The number of rotatable bonds is 25. The number of hydrogen-bond acceptors (Lipinski definition) is 19. The van der Waals surface area contributed by atoms with Crippen molar-refractivity contribution in [1.29, 1.82) is 5.26 Å². The predicted molar refractivity (Wildman–Crippen MR) is 214 cm³/mol. The standard InChI is InChI=1S/C39H59N6O15P/c1-9-11-13-17-52-31(46)19-27(37(49)53-18-14-12-10-2)44-61(51,56-23-54-38(50)57-26(7)8)55-20-29-32(58-35(47)24(3)4)33(59-36(48)25(5)6)39(21-40,60-29)30-16-15-28-34(41)42-22-43-45(28)30/h15-16,22,24-27,29,32-33H,9-14,17-20,23H2,1-8H3,(H,44,51)(H2,41,42,43)/t27-,29+,32+,33+,39-,61+/m0/s1. The normalized spacial score (nSPS) is 20.2. The molecule has 61 heavy (non-hydrogen) atoms. The quantitative estimate of drug-likeness (QED) is 0.0434. The smallest absolute Gasteiger partial charge is 0.466 e. The Kier molecular flexibility index (Phi) is 19.8. The molecule has 3 N–H and O–H groups in total. The molecule has 1 fully saturated rings. The fourth-order valence-electron chi connectivity index (χ4n) is 5.75. The molecule has 2 aromatic rings. The number of fused-ring (bicyclic) bond motifs is 1. The summed E-state index contributed by atoms with van der Waals surface area (Å²) in [5, 5.41) is 17.6. The number of nitriles is 1. The second-order valence-corrected chi connectivity index (χ2v) is 16.8. The third kappa shape index (κ3) is 14.4. The van der Waals surface area contributed by atoms with Crippen molar-refractivity contribution in [3.63, 3.8) is 0 Å². The van der Waals surface area contributed by atoms with Crippen LogP contribution in [0.5, 0.6) is 0 Å². The number of aromatic nitrogens is 3. The zero-order chi connectivity index (χ0) is 45.3. The van der Waals surface area contributed by atoms with Crippen LogP contribution in [0, 0.1) is 23.2 Å². The number of nitrogens with two attached hydrogens (primary N) is 1. The van der Waals surface area contributed by atoms with Crippen LogP contribution >= 0.6 is 7.75 Å². The van der Waals surface area contributed by atoms with E-state index in [1.54, 1.807) is 41.5 Å². The van der Waals surface area contributed by atoms with Crippen molar-refractivity contribution < 1.29 is 70.7 Å². The highest BCUT2D eigenvalue weighted by Gasteiger charge is 2.63.